The largest absolute Gasteiger partial charge is 0.388 e. The third kappa shape index (κ3) is 1.95. The lowest BCUT2D eigenvalue weighted by Crippen LogP contribution is -2.02. The molecule has 1 aromatic carbocycles. The number of benzene rings is 1. The van der Waals surface area contributed by atoms with E-state index >= 15 is 0 Å². The van der Waals surface area contributed by atoms with Gasteiger partial charge >= 0.3 is 0 Å². The second-order valence-electron chi connectivity index (χ2n) is 3.39. The van der Waals surface area contributed by atoms with Crippen molar-refractivity contribution in [2.45, 2.75) is 13.5 Å². The molecule has 0 aliphatic heterocycles. The smallest absolute Gasteiger partial charge is 0.199 e. The highest BCUT2D eigenvalue weighted by atomic mass is 79.9. The molecule has 0 radical (unpaired) electrons. The maximum atomic E-state index is 9.17. The molecule has 0 atom stereocenters. The van der Waals surface area contributed by atoms with Gasteiger partial charge in [0.15, 0.2) is 10.6 Å². The minimum Gasteiger partial charge on any atom is -0.388 e. The zero-order chi connectivity index (χ0) is 11.7. The number of rotatable bonds is 2. The number of halogens is 1. The second kappa shape index (κ2) is 4.48. The highest BCUT2D eigenvalue weighted by Gasteiger charge is 2.09. The molecule has 6 heteroatoms. The lowest BCUT2D eigenvalue weighted by Gasteiger charge is -2.08. The summed E-state index contributed by atoms with van der Waals surface area (Å²) < 4.78 is 3.09. The molecule has 0 fully saturated rings. The van der Waals surface area contributed by atoms with Crippen molar-refractivity contribution >= 4 is 28.1 Å². The first-order valence-corrected chi connectivity index (χ1v) is 5.87. The number of nitrogens with one attached hydrogen (secondary N) is 1. The number of aliphatic hydroxyl groups is 1. The van der Waals surface area contributed by atoms with Gasteiger partial charge in [-0.25, -0.2) is 0 Å². The molecule has 0 aliphatic rings. The molecular weight excluding hydrogens is 290 g/mol. The van der Waals surface area contributed by atoms with E-state index in [9.17, 15) is 5.11 Å². The average Bonchev–Trinajstić information content (AvgIpc) is 2.60. The van der Waals surface area contributed by atoms with Crippen molar-refractivity contribution in [1.29, 1.82) is 0 Å². The summed E-state index contributed by atoms with van der Waals surface area (Å²) in [4.78, 5) is 0. The van der Waals surface area contributed by atoms with E-state index in [1.54, 1.807) is 4.57 Å². The van der Waals surface area contributed by atoms with Gasteiger partial charge < -0.3 is 5.11 Å². The van der Waals surface area contributed by atoms with Gasteiger partial charge in [-0.2, -0.15) is 5.10 Å². The fourth-order valence-corrected chi connectivity index (χ4v) is 2.40. The van der Waals surface area contributed by atoms with E-state index in [1.807, 2.05) is 25.1 Å². The number of H-pyrrole nitrogens is 1. The van der Waals surface area contributed by atoms with Crippen molar-refractivity contribution in [3.8, 4) is 5.69 Å². The molecule has 0 bridgehead atoms. The molecule has 0 saturated carbocycles. The van der Waals surface area contributed by atoms with Crippen molar-refractivity contribution in [3.63, 3.8) is 0 Å². The number of aryl methyl sites for hydroxylation is 1. The van der Waals surface area contributed by atoms with Crippen LogP contribution >= 0.6 is 28.1 Å². The lowest BCUT2D eigenvalue weighted by atomic mass is 10.2. The van der Waals surface area contributed by atoms with Crippen LogP contribution in [0.15, 0.2) is 22.7 Å². The maximum Gasteiger partial charge on any atom is 0.199 e. The topological polar surface area (TPSA) is 53.8 Å². The zero-order valence-corrected chi connectivity index (χ0v) is 11.0. The van der Waals surface area contributed by atoms with Crippen LogP contribution in [-0.2, 0) is 6.61 Å². The number of aliphatic hydroxyl groups excluding tert-OH is 1. The number of aromatic nitrogens is 3. The van der Waals surface area contributed by atoms with Gasteiger partial charge in [-0.15, -0.1) is 0 Å². The molecule has 0 saturated heterocycles. The molecule has 0 spiro atoms. The predicted molar refractivity (Wildman–Crippen MR) is 67.1 cm³/mol. The van der Waals surface area contributed by atoms with E-state index in [2.05, 4.69) is 26.1 Å². The van der Waals surface area contributed by atoms with Gasteiger partial charge in [0.1, 0.15) is 6.61 Å². The predicted octanol–water partition coefficient (Wildman–Crippen LogP) is 2.49. The third-order valence-corrected chi connectivity index (χ3v) is 3.14. The average molecular weight is 300 g/mol. The maximum absolute atomic E-state index is 9.17. The molecular formula is C10H10BrN3OS. The van der Waals surface area contributed by atoms with Crippen LogP contribution in [0.4, 0.5) is 0 Å². The Morgan fingerprint density at radius 3 is 2.94 bits per heavy atom. The summed E-state index contributed by atoms with van der Waals surface area (Å²) in [5.41, 5.74) is 2.02. The Hall–Kier alpha value is -0.980. The van der Waals surface area contributed by atoms with Crippen molar-refractivity contribution in [1.82, 2.24) is 14.8 Å². The number of aromatic amines is 1. The van der Waals surface area contributed by atoms with Crippen LogP contribution in [0.1, 0.15) is 11.4 Å². The Kier molecular flexibility index (Phi) is 3.22. The van der Waals surface area contributed by atoms with Crippen LogP contribution in [0.3, 0.4) is 0 Å². The van der Waals surface area contributed by atoms with Crippen LogP contribution in [0.2, 0.25) is 0 Å². The van der Waals surface area contributed by atoms with Gasteiger partial charge in [0.2, 0.25) is 0 Å². The Bertz CT molecular complexity index is 576. The van der Waals surface area contributed by atoms with Crippen molar-refractivity contribution in [2.75, 3.05) is 0 Å². The molecule has 2 N–H and O–H groups in total. The minimum atomic E-state index is -0.159. The van der Waals surface area contributed by atoms with E-state index in [0.717, 1.165) is 15.7 Å². The summed E-state index contributed by atoms with van der Waals surface area (Å²) in [7, 11) is 0. The summed E-state index contributed by atoms with van der Waals surface area (Å²) in [6.07, 6.45) is 0. The van der Waals surface area contributed by atoms with Gasteiger partial charge in [0.25, 0.3) is 0 Å². The Labute approximate surface area is 106 Å². The van der Waals surface area contributed by atoms with Gasteiger partial charge in [0, 0.05) is 4.47 Å². The second-order valence-corrected chi connectivity index (χ2v) is 4.63. The molecule has 84 valence electrons. The third-order valence-electron chi connectivity index (χ3n) is 2.23. The van der Waals surface area contributed by atoms with Gasteiger partial charge in [0.05, 0.1) is 5.69 Å². The molecule has 0 aliphatic carbocycles. The first kappa shape index (κ1) is 11.5. The fourth-order valence-electron chi connectivity index (χ4n) is 1.48. The summed E-state index contributed by atoms with van der Waals surface area (Å²) in [6.45, 7) is 1.85. The van der Waals surface area contributed by atoms with E-state index in [-0.39, 0.29) is 6.61 Å². The van der Waals surface area contributed by atoms with Crippen LogP contribution < -0.4 is 0 Å². The Morgan fingerprint density at radius 2 is 2.31 bits per heavy atom. The minimum absolute atomic E-state index is 0.159. The molecule has 2 rings (SSSR count). The standard InChI is InChI=1S/C10H10BrN3OS/c1-6-2-3-8(7(11)4-6)14-9(5-15)12-13-10(14)16/h2-4,15H,5H2,1H3,(H,13,16). The van der Waals surface area contributed by atoms with Crippen molar-refractivity contribution in [3.05, 3.63) is 38.8 Å². The number of hydrogen-bond acceptors (Lipinski definition) is 3. The SMILES string of the molecule is Cc1ccc(-n2c(CO)n[nH]c2=S)c(Br)c1. The van der Waals surface area contributed by atoms with Crippen LogP contribution in [0.25, 0.3) is 5.69 Å². The van der Waals surface area contributed by atoms with Crippen LogP contribution in [0.5, 0.6) is 0 Å². The fraction of sp³-hybridized carbons (Fsp3) is 0.200. The normalized spacial score (nSPS) is 10.7. The highest BCUT2D eigenvalue weighted by molar-refractivity contribution is 9.10. The van der Waals surface area contributed by atoms with Crippen molar-refractivity contribution in [2.24, 2.45) is 0 Å². The number of nitrogens with zero attached hydrogens (tertiary/aromatic N) is 2. The Balaban J connectivity index is 2.67. The first-order chi connectivity index (χ1) is 7.63. The summed E-state index contributed by atoms with van der Waals surface area (Å²) in [5.74, 6) is 0.495. The van der Waals surface area contributed by atoms with E-state index in [0.29, 0.717) is 10.6 Å². The van der Waals surface area contributed by atoms with E-state index in [1.165, 1.54) is 0 Å². The van der Waals surface area contributed by atoms with Crippen LogP contribution in [-0.4, -0.2) is 19.9 Å². The molecule has 4 nitrogen and oxygen atoms in total. The van der Waals surface area contributed by atoms with Crippen LogP contribution in [0, 0.1) is 11.7 Å². The monoisotopic (exact) mass is 299 g/mol. The van der Waals surface area contributed by atoms with Gasteiger partial charge in [-0.05, 0) is 52.8 Å². The zero-order valence-electron chi connectivity index (χ0n) is 8.57. The first-order valence-electron chi connectivity index (χ1n) is 4.67. The lowest BCUT2D eigenvalue weighted by molar-refractivity contribution is 0.268. The summed E-state index contributed by atoms with van der Waals surface area (Å²) in [5, 5.41) is 15.8. The van der Waals surface area contributed by atoms with E-state index < -0.39 is 0 Å². The molecule has 0 amide bonds. The van der Waals surface area contributed by atoms with Gasteiger partial charge in [-0.1, -0.05) is 6.07 Å². The Morgan fingerprint density at radius 1 is 1.56 bits per heavy atom. The van der Waals surface area contributed by atoms with Crippen molar-refractivity contribution < 1.29 is 5.11 Å². The molecule has 1 heterocycles. The molecule has 2 aromatic rings. The van der Waals surface area contributed by atoms with Gasteiger partial charge in [-0.3, -0.25) is 9.67 Å². The van der Waals surface area contributed by atoms with E-state index in [4.69, 9.17) is 12.2 Å². The number of hydrogen-bond donors (Lipinski definition) is 2. The summed E-state index contributed by atoms with van der Waals surface area (Å²) >= 11 is 8.60. The molecule has 1 aromatic heterocycles. The molecule has 16 heavy (non-hydrogen) atoms. The molecule has 0 unspecified atom stereocenters. The quantitative estimate of drug-likeness (QED) is 0.838. The summed E-state index contributed by atoms with van der Waals surface area (Å²) in [6, 6.07) is 5.91. The highest BCUT2D eigenvalue weighted by Crippen LogP contribution is 2.23.